The molecule has 0 aliphatic rings. The van der Waals surface area contributed by atoms with Crippen LogP contribution in [0, 0.1) is 6.92 Å². The van der Waals surface area contributed by atoms with Gasteiger partial charge in [0, 0.05) is 11.8 Å². The first-order chi connectivity index (χ1) is 7.92. The number of aliphatic hydroxyl groups excluding tert-OH is 1. The van der Waals surface area contributed by atoms with Crippen molar-refractivity contribution in [3.63, 3.8) is 0 Å². The molecular formula is C12H19NO3S. The highest BCUT2D eigenvalue weighted by Crippen LogP contribution is 2.20. The quantitative estimate of drug-likeness (QED) is 0.817. The van der Waals surface area contributed by atoms with Crippen LogP contribution in [0.3, 0.4) is 0 Å². The summed E-state index contributed by atoms with van der Waals surface area (Å²) < 4.78 is 23.5. The highest BCUT2D eigenvalue weighted by atomic mass is 32.2. The minimum atomic E-state index is -3.34. The first-order valence-electron chi connectivity index (χ1n) is 5.57. The molecule has 0 amide bonds. The summed E-state index contributed by atoms with van der Waals surface area (Å²) >= 11 is 0. The SMILES string of the molecule is CCS(=O)(=O)[C@@H](CO)[C@H](N)c1ccc(C)cc1. The predicted molar refractivity (Wildman–Crippen MR) is 68.4 cm³/mol. The zero-order valence-corrected chi connectivity index (χ0v) is 10.9. The highest BCUT2D eigenvalue weighted by Gasteiger charge is 2.30. The van der Waals surface area contributed by atoms with Crippen LogP contribution >= 0.6 is 0 Å². The summed E-state index contributed by atoms with van der Waals surface area (Å²) in [5, 5.41) is 8.28. The number of aryl methyl sites for hydroxylation is 1. The first-order valence-corrected chi connectivity index (χ1v) is 7.28. The van der Waals surface area contributed by atoms with Crippen molar-refractivity contribution in [3.05, 3.63) is 35.4 Å². The predicted octanol–water partition coefficient (Wildman–Crippen LogP) is 0.790. The van der Waals surface area contributed by atoms with Crippen LogP contribution in [0.2, 0.25) is 0 Å². The van der Waals surface area contributed by atoms with Gasteiger partial charge in [0.1, 0.15) is 5.25 Å². The largest absolute Gasteiger partial charge is 0.395 e. The van der Waals surface area contributed by atoms with E-state index in [0.717, 1.165) is 11.1 Å². The van der Waals surface area contributed by atoms with Crippen LogP contribution in [0.4, 0.5) is 0 Å². The molecule has 1 aromatic rings. The normalized spacial score (nSPS) is 15.5. The number of rotatable bonds is 5. The summed E-state index contributed by atoms with van der Waals surface area (Å²) in [6.45, 7) is 3.05. The molecule has 0 aliphatic carbocycles. The fraction of sp³-hybridized carbons (Fsp3) is 0.500. The van der Waals surface area contributed by atoms with E-state index < -0.39 is 27.7 Å². The average molecular weight is 257 g/mol. The van der Waals surface area contributed by atoms with Crippen LogP contribution < -0.4 is 5.73 Å². The van der Waals surface area contributed by atoms with Gasteiger partial charge in [-0.3, -0.25) is 0 Å². The molecule has 1 rings (SSSR count). The van der Waals surface area contributed by atoms with Gasteiger partial charge >= 0.3 is 0 Å². The lowest BCUT2D eigenvalue weighted by molar-refractivity contribution is 0.277. The van der Waals surface area contributed by atoms with Gasteiger partial charge in [0.15, 0.2) is 9.84 Å². The minimum Gasteiger partial charge on any atom is -0.395 e. The Morgan fingerprint density at radius 2 is 1.82 bits per heavy atom. The molecule has 0 aromatic heterocycles. The molecule has 0 radical (unpaired) electrons. The maximum absolute atomic E-state index is 11.8. The monoisotopic (exact) mass is 257 g/mol. The molecular weight excluding hydrogens is 238 g/mol. The van der Waals surface area contributed by atoms with Crippen molar-refractivity contribution >= 4 is 9.84 Å². The summed E-state index contributed by atoms with van der Waals surface area (Å²) in [6.07, 6.45) is 0. The standard InChI is InChI=1S/C12H19NO3S/c1-3-17(15,16)11(8-14)12(13)10-6-4-9(2)5-7-10/h4-7,11-12,14H,3,8,13H2,1-2H3/t11-,12+/m0/s1. The lowest BCUT2D eigenvalue weighted by Gasteiger charge is -2.22. The topological polar surface area (TPSA) is 80.4 Å². The van der Waals surface area contributed by atoms with E-state index in [1.807, 2.05) is 19.1 Å². The smallest absolute Gasteiger partial charge is 0.157 e. The summed E-state index contributed by atoms with van der Waals surface area (Å²) in [7, 11) is -3.34. The number of benzene rings is 1. The van der Waals surface area contributed by atoms with Crippen LogP contribution in [0.5, 0.6) is 0 Å². The van der Waals surface area contributed by atoms with Gasteiger partial charge in [0.05, 0.1) is 6.61 Å². The van der Waals surface area contributed by atoms with Gasteiger partial charge in [0.25, 0.3) is 0 Å². The van der Waals surface area contributed by atoms with Crippen LogP contribution in [0.15, 0.2) is 24.3 Å². The second-order valence-corrected chi connectivity index (χ2v) is 6.62. The van der Waals surface area contributed by atoms with Gasteiger partial charge < -0.3 is 10.8 Å². The molecule has 0 bridgehead atoms. The molecule has 0 heterocycles. The van der Waals surface area contributed by atoms with Gasteiger partial charge in [-0.25, -0.2) is 8.42 Å². The third kappa shape index (κ3) is 3.28. The lowest BCUT2D eigenvalue weighted by atomic mass is 10.0. The third-order valence-corrected chi connectivity index (χ3v) is 5.08. The Balaban J connectivity index is 3.02. The van der Waals surface area contributed by atoms with E-state index in [2.05, 4.69) is 0 Å². The van der Waals surface area contributed by atoms with Crippen LogP contribution in [0.25, 0.3) is 0 Å². The third-order valence-electron chi connectivity index (χ3n) is 2.91. The van der Waals surface area contributed by atoms with Gasteiger partial charge in [-0.1, -0.05) is 36.8 Å². The summed E-state index contributed by atoms with van der Waals surface area (Å²) in [4.78, 5) is 0. The molecule has 4 nitrogen and oxygen atoms in total. The molecule has 0 aliphatic heterocycles. The molecule has 0 spiro atoms. The number of nitrogens with two attached hydrogens (primary N) is 1. The summed E-state index contributed by atoms with van der Waals surface area (Å²) in [5.74, 6) is -0.0161. The van der Waals surface area contributed by atoms with E-state index in [-0.39, 0.29) is 5.75 Å². The van der Waals surface area contributed by atoms with Gasteiger partial charge in [-0.2, -0.15) is 0 Å². The lowest BCUT2D eigenvalue weighted by Crippen LogP contribution is -2.37. The van der Waals surface area contributed by atoms with Gasteiger partial charge in [0.2, 0.25) is 0 Å². The second-order valence-electron chi connectivity index (χ2n) is 4.11. The van der Waals surface area contributed by atoms with E-state index in [1.165, 1.54) is 0 Å². The van der Waals surface area contributed by atoms with Crippen LogP contribution in [-0.4, -0.2) is 31.1 Å². The van der Waals surface area contributed by atoms with Gasteiger partial charge in [-0.15, -0.1) is 0 Å². The van der Waals surface area contributed by atoms with Crippen molar-refractivity contribution in [1.29, 1.82) is 0 Å². The Bertz CT molecular complexity index is 453. The molecule has 1 aromatic carbocycles. The van der Waals surface area contributed by atoms with E-state index in [0.29, 0.717) is 0 Å². The van der Waals surface area contributed by atoms with E-state index >= 15 is 0 Å². The fourth-order valence-corrected chi connectivity index (χ4v) is 2.93. The Morgan fingerprint density at radius 1 is 1.29 bits per heavy atom. The fourth-order valence-electron chi connectivity index (χ4n) is 1.67. The van der Waals surface area contributed by atoms with Crippen molar-refractivity contribution in [1.82, 2.24) is 0 Å². The highest BCUT2D eigenvalue weighted by molar-refractivity contribution is 7.92. The van der Waals surface area contributed by atoms with Crippen molar-refractivity contribution in [2.45, 2.75) is 25.1 Å². The molecule has 0 saturated carbocycles. The molecule has 0 saturated heterocycles. The van der Waals surface area contributed by atoms with E-state index in [4.69, 9.17) is 5.73 Å². The van der Waals surface area contributed by atoms with E-state index in [1.54, 1.807) is 19.1 Å². The Kier molecular flexibility index (Phi) is 4.68. The minimum absolute atomic E-state index is 0.0161. The summed E-state index contributed by atoms with van der Waals surface area (Å²) in [6, 6.07) is 6.66. The van der Waals surface area contributed by atoms with Gasteiger partial charge in [-0.05, 0) is 12.5 Å². The number of hydrogen-bond acceptors (Lipinski definition) is 4. The number of hydrogen-bond donors (Lipinski definition) is 2. The summed E-state index contributed by atoms with van der Waals surface area (Å²) in [5.41, 5.74) is 7.73. The van der Waals surface area contributed by atoms with Crippen molar-refractivity contribution in [2.75, 3.05) is 12.4 Å². The molecule has 17 heavy (non-hydrogen) atoms. The Labute approximate surface area is 102 Å². The molecule has 2 atom stereocenters. The van der Waals surface area contributed by atoms with Crippen molar-refractivity contribution in [3.8, 4) is 0 Å². The molecule has 5 heteroatoms. The Hall–Kier alpha value is -0.910. The zero-order valence-electron chi connectivity index (χ0n) is 10.1. The van der Waals surface area contributed by atoms with Crippen LogP contribution in [-0.2, 0) is 9.84 Å². The maximum Gasteiger partial charge on any atom is 0.157 e. The number of sulfone groups is 1. The average Bonchev–Trinajstić information content (AvgIpc) is 2.30. The van der Waals surface area contributed by atoms with E-state index in [9.17, 15) is 13.5 Å². The first kappa shape index (κ1) is 14.2. The number of aliphatic hydroxyl groups is 1. The molecule has 3 N–H and O–H groups in total. The Morgan fingerprint density at radius 3 is 2.24 bits per heavy atom. The molecule has 0 fully saturated rings. The second kappa shape index (κ2) is 5.62. The molecule has 0 unspecified atom stereocenters. The maximum atomic E-state index is 11.8. The zero-order chi connectivity index (χ0) is 13.1. The van der Waals surface area contributed by atoms with Crippen molar-refractivity contribution < 1.29 is 13.5 Å². The van der Waals surface area contributed by atoms with Crippen molar-refractivity contribution in [2.24, 2.45) is 5.73 Å². The molecule has 96 valence electrons. The van der Waals surface area contributed by atoms with Crippen LogP contribution in [0.1, 0.15) is 24.1 Å².